The van der Waals surface area contributed by atoms with Gasteiger partial charge in [-0.05, 0) is 38.9 Å². The second kappa shape index (κ2) is 5.34. The Balaban J connectivity index is 1.72. The number of nitrogens with zero attached hydrogens (tertiary/aromatic N) is 1. The molecule has 0 radical (unpaired) electrons. The lowest BCUT2D eigenvalue weighted by Gasteiger charge is -2.49. The van der Waals surface area contributed by atoms with Crippen LogP contribution in [0, 0.1) is 0 Å². The molecule has 0 bridgehead atoms. The lowest BCUT2D eigenvalue weighted by molar-refractivity contribution is 0.0544. The lowest BCUT2D eigenvalue weighted by atomic mass is 9.91. The van der Waals surface area contributed by atoms with Gasteiger partial charge in [0.25, 0.3) is 0 Å². The quantitative estimate of drug-likeness (QED) is 0.829. The van der Waals surface area contributed by atoms with Gasteiger partial charge in [0, 0.05) is 36.0 Å². The SMILES string of the molecule is CSC1CCCC1N1CC2(CCCC2)NCC1C. The average Bonchev–Trinajstić information content (AvgIpc) is 3.02. The maximum Gasteiger partial charge on any atom is 0.0309 e. The van der Waals surface area contributed by atoms with Crippen LogP contribution in [-0.4, -0.2) is 47.1 Å². The van der Waals surface area contributed by atoms with Crippen molar-refractivity contribution in [1.82, 2.24) is 10.2 Å². The highest BCUT2D eigenvalue weighted by molar-refractivity contribution is 7.99. The van der Waals surface area contributed by atoms with Crippen molar-refractivity contribution in [3.05, 3.63) is 0 Å². The molecule has 104 valence electrons. The average molecular weight is 268 g/mol. The van der Waals surface area contributed by atoms with Crippen molar-refractivity contribution in [3.63, 3.8) is 0 Å². The summed E-state index contributed by atoms with van der Waals surface area (Å²) in [5, 5.41) is 4.77. The Labute approximate surface area is 116 Å². The van der Waals surface area contributed by atoms with Gasteiger partial charge in [0.05, 0.1) is 0 Å². The first-order valence-corrected chi connectivity index (χ1v) is 9.06. The van der Waals surface area contributed by atoms with Crippen molar-refractivity contribution in [3.8, 4) is 0 Å². The number of hydrogen-bond donors (Lipinski definition) is 1. The molecule has 1 saturated heterocycles. The van der Waals surface area contributed by atoms with Gasteiger partial charge in [0.2, 0.25) is 0 Å². The molecule has 3 atom stereocenters. The Kier molecular flexibility index (Phi) is 3.93. The fourth-order valence-corrected chi connectivity index (χ4v) is 5.44. The topological polar surface area (TPSA) is 15.3 Å². The Morgan fingerprint density at radius 1 is 1.17 bits per heavy atom. The van der Waals surface area contributed by atoms with Crippen LogP contribution in [0.2, 0.25) is 0 Å². The molecule has 1 heterocycles. The third kappa shape index (κ3) is 2.34. The lowest BCUT2D eigenvalue weighted by Crippen LogP contribution is -2.65. The third-order valence-electron chi connectivity index (χ3n) is 5.53. The molecule has 2 aliphatic carbocycles. The largest absolute Gasteiger partial charge is 0.308 e. The summed E-state index contributed by atoms with van der Waals surface area (Å²) in [5.41, 5.74) is 0.484. The maximum atomic E-state index is 3.88. The van der Waals surface area contributed by atoms with Gasteiger partial charge in [-0.25, -0.2) is 0 Å². The molecule has 3 unspecified atom stereocenters. The van der Waals surface area contributed by atoms with Crippen LogP contribution >= 0.6 is 11.8 Å². The normalized spacial score (nSPS) is 40.7. The van der Waals surface area contributed by atoms with Crippen LogP contribution in [-0.2, 0) is 0 Å². The van der Waals surface area contributed by atoms with E-state index in [1.165, 1.54) is 58.0 Å². The van der Waals surface area contributed by atoms with E-state index in [1.54, 1.807) is 0 Å². The fourth-order valence-electron chi connectivity index (χ4n) is 4.43. The minimum Gasteiger partial charge on any atom is -0.308 e. The smallest absolute Gasteiger partial charge is 0.0309 e. The Morgan fingerprint density at radius 3 is 2.67 bits per heavy atom. The van der Waals surface area contributed by atoms with Gasteiger partial charge in [0.1, 0.15) is 0 Å². The maximum absolute atomic E-state index is 3.88. The van der Waals surface area contributed by atoms with E-state index in [0.29, 0.717) is 5.54 Å². The highest BCUT2D eigenvalue weighted by atomic mass is 32.2. The van der Waals surface area contributed by atoms with Gasteiger partial charge in [-0.3, -0.25) is 4.90 Å². The Bertz CT molecular complexity index is 288. The van der Waals surface area contributed by atoms with Gasteiger partial charge < -0.3 is 5.32 Å². The van der Waals surface area contributed by atoms with Crippen LogP contribution in [0.25, 0.3) is 0 Å². The molecule has 2 nitrogen and oxygen atoms in total. The number of rotatable bonds is 2. The summed E-state index contributed by atoms with van der Waals surface area (Å²) in [6.07, 6.45) is 12.3. The summed E-state index contributed by atoms with van der Waals surface area (Å²) < 4.78 is 0. The summed E-state index contributed by atoms with van der Waals surface area (Å²) in [7, 11) is 0. The second-order valence-corrected chi connectivity index (χ2v) is 7.74. The van der Waals surface area contributed by atoms with Gasteiger partial charge in [-0.15, -0.1) is 0 Å². The highest BCUT2D eigenvalue weighted by Crippen LogP contribution is 2.38. The predicted molar refractivity (Wildman–Crippen MR) is 80.3 cm³/mol. The van der Waals surface area contributed by atoms with Crippen LogP contribution in [0.5, 0.6) is 0 Å². The third-order valence-corrected chi connectivity index (χ3v) is 6.69. The molecule has 2 saturated carbocycles. The molecule has 1 aliphatic heterocycles. The van der Waals surface area contributed by atoms with Crippen LogP contribution in [0.1, 0.15) is 51.9 Å². The molecule has 1 N–H and O–H groups in total. The van der Waals surface area contributed by atoms with E-state index in [4.69, 9.17) is 0 Å². The molecule has 3 aliphatic rings. The molecule has 18 heavy (non-hydrogen) atoms. The Hall–Kier alpha value is 0.270. The molecular formula is C15H28N2S. The van der Waals surface area contributed by atoms with E-state index in [0.717, 1.165) is 17.3 Å². The molecule has 3 heteroatoms. The van der Waals surface area contributed by atoms with E-state index in [1.807, 2.05) is 0 Å². The van der Waals surface area contributed by atoms with Crippen LogP contribution < -0.4 is 5.32 Å². The van der Waals surface area contributed by atoms with Crippen LogP contribution in [0.15, 0.2) is 0 Å². The minimum atomic E-state index is 0.484. The summed E-state index contributed by atoms with van der Waals surface area (Å²) in [6.45, 7) is 4.94. The summed E-state index contributed by atoms with van der Waals surface area (Å²) >= 11 is 2.11. The van der Waals surface area contributed by atoms with Gasteiger partial charge in [-0.1, -0.05) is 19.3 Å². The first-order valence-electron chi connectivity index (χ1n) is 7.78. The predicted octanol–water partition coefficient (Wildman–Crippen LogP) is 2.88. The van der Waals surface area contributed by atoms with Crippen LogP contribution in [0.3, 0.4) is 0 Å². The molecule has 3 rings (SSSR count). The van der Waals surface area contributed by atoms with Crippen molar-refractivity contribution in [2.24, 2.45) is 0 Å². The van der Waals surface area contributed by atoms with Gasteiger partial charge >= 0.3 is 0 Å². The number of piperazine rings is 1. The summed E-state index contributed by atoms with van der Waals surface area (Å²) in [4.78, 5) is 2.87. The zero-order valence-corrected chi connectivity index (χ0v) is 12.8. The number of nitrogens with one attached hydrogen (secondary N) is 1. The van der Waals surface area contributed by atoms with Crippen molar-refractivity contribution >= 4 is 11.8 Å². The van der Waals surface area contributed by atoms with Gasteiger partial charge in [0.15, 0.2) is 0 Å². The first-order chi connectivity index (χ1) is 8.74. The zero-order valence-electron chi connectivity index (χ0n) is 12.0. The molecule has 3 fully saturated rings. The van der Waals surface area contributed by atoms with E-state index < -0.39 is 0 Å². The van der Waals surface area contributed by atoms with Gasteiger partial charge in [-0.2, -0.15) is 11.8 Å². The van der Waals surface area contributed by atoms with E-state index in [2.05, 4.69) is 35.2 Å². The van der Waals surface area contributed by atoms with Crippen molar-refractivity contribution in [2.45, 2.75) is 74.7 Å². The first kappa shape index (κ1) is 13.3. The van der Waals surface area contributed by atoms with Crippen molar-refractivity contribution in [1.29, 1.82) is 0 Å². The summed E-state index contributed by atoms with van der Waals surface area (Å²) in [6, 6.07) is 1.59. The highest BCUT2D eigenvalue weighted by Gasteiger charge is 2.44. The standard InChI is InChI=1S/C15H28N2S/c1-12-10-16-15(8-3-4-9-15)11-17(12)13-6-5-7-14(13)18-2/h12-14,16H,3-11H2,1-2H3. The van der Waals surface area contributed by atoms with E-state index in [9.17, 15) is 0 Å². The molecular weight excluding hydrogens is 240 g/mol. The van der Waals surface area contributed by atoms with Crippen LogP contribution in [0.4, 0.5) is 0 Å². The van der Waals surface area contributed by atoms with E-state index >= 15 is 0 Å². The second-order valence-electron chi connectivity index (χ2n) is 6.66. The zero-order chi connectivity index (χ0) is 12.6. The fraction of sp³-hybridized carbons (Fsp3) is 1.00. The molecule has 0 aromatic heterocycles. The monoisotopic (exact) mass is 268 g/mol. The van der Waals surface area contributed by atoms with Crippen molar-refractivity contribution < 1.29 is 0 Å². The number of hydrogen-bond acceptors (Lipinski definition) is 3. The van der Waals surface area contributed by atoms with E-state index in [-0.39, 0.29) is 0 Å². The molecule has 0 aromatic carbocycles. The number of thioether (sulfide) groups is 1. The Morgan fingerprint density at radius 2 is 1.94 bits per heavy atom. The summed E-state index contributed by atoms with van der Waals surface area (Å²) in [5.74, 6) is 0. The molecule has 0 amide bonds. The minimum absolute atomic E-state index is 0.484. The van der Waals surface area contributed by atoms with Crippen molar-refractivity contribution in [2.75, 3.05) is 19.3 Å². The molecule has 1 spiro atoms. The molecule has 0 aromatic rings.